The van der Waals surface area contributed by atoms with E-state index in [4.69, 9.17) is 5.73 Å². The maximum Gasteiger partial charge on any atom is 0.0426 e. The van der Waals surface area contributed by atoms with Crippen LogP contribution in [0.2, 0.25) is 0 Å². The van der Waals surface area contributed by atoms with Crippen LogP contribution in [0.15, 0.2) is 18.2 Å². The second-order valence-corrected chi connectivity index (χ2v) is 7.32. The Balaban J connectivity index is 1.61. The highest BCUT2D eigenvalue weighted by Gasteiger charge is 2.31. The van der Waals surface area contributed by atoms with Crippen LogP contribution in [0, 0.1) is 25.7 Å². The molecule has 3 unspecified atom stereocenters. The summed E-state index contributed by atoms with van der Waals surface area (Å²) in [5.74, 6) is 1.95. The zero-order valence-corrected chi connectivity index (χ0v) is 13.6. The lowest BCUT2D eigenvalue weighted by molar-refractivity contribution is 0.0827. The molecule has 1 aromatic carbocycles. The van der Waals surface area contributed by atoms with Crippen molar-refractivity contribution in [3.8, 4) is 0 Å². The summed E-state index contributed by atoms with van der Waals surface area (Å²) in [5, 5.41) is 0. The van der Waals surface area contributed by atoms with Crippen LogP contribution in [0.4, 0.5) is 0 Å². The molecule has 0 amide bonds. The minimum atomic E-state index is 0.158. The molecule has 21 heavy (non-hydrogen) atoms. The highest BCUT2D eigenvalue weighted by Crippen LogP contribution is 2.36. The number of likely N-dealkylation sites (tertiary alicyclic amines) is 1. The normalized spacial score (nSPS) is 28.1. The fraction of sp³-hybridized carbons (Fsp3) is 0.684. The van der Waals surface area contributed by atoms with Crippen LogP contribution < -0.4 is 5.73 Å². The summed E-state index contributed by atoms with van der Waals surface area (Å²) in [6.45, 7) is 7.89. The zero-order chi connectivity index (χ0) is 14.8. The minimum absolute atomic E-state index is 0.158. The van der Waals surface area contributed by atoms with Crippen LogP contribution in [-0.2, 0) is 0 Å². The molecular formula is C19H30N2. The van der Waals surface area contributed by atoms with Crippen LogP contribution in [0.5, 0.6) is 0 Å². The van der Waals surface area contributed by atoms with Crippen molar-refractivity contribution >= 4 is 0 Å². The summed E-state index contributed by atoms with van der Waals surface area (Å²) < 4.78 is 0. The molecule has 3 rings (SSSR count). The second kappa shape index (κ2) is 6.50. The van der Waals surface area contributed by atoms with Gasteiger partial charge >= 0.3 is 0 Å². The lowest BCUT2D eigenvalue weighted by Gasteiger charge is -2.42. The van der Waals surface area contributed by atoms with E-state index in [9.17, 15) is 0 Å². The van der Waals surface area contributed by atoms with E-state index in [0.717, 1.165) is 18.4 Å². The fourth-order valence-corrected chi connectivity index (χ4v) is 4.46. The van der Waals surface area contributed by atoms with Gasteiger partial charge in [0.05, 0.1) is 0 Å². The van der Waals surface area contributed by atoms with Crippen LogP contribution in [0.3, 0.4) is 0 Å². The first-order chi connectivity index (χ1) is 10.1. The highest BCUT2D eigenvalue weighted by atomic mass is 15.1. The van der Waals surface area contributed by atoms with Gasteiger partial charge in [-0.05, 0) is 56.2 Å². The van der Waals surface area contributed by atoms with Gasteiger partial charge in [0, 0.05) is 19.1 Å². The molecule has 0 aromatic heterocycles. The van der Waals surface area contributed by atoms with Gasteiger partial charge in [-0.3, -0.25) is 0 Å². The van der Waals surface area contributed by atoms with Gasteiger partial charge < -0.3 is 10.6 Å². The Hall–Kier alpha value is -0.860. The number of hydrogen-bond acceptors (Lipinski definition) is 2. The minimum Gasteiger partial charge on any atom is -0.323 e. The highest BCUT2D eigenvalue weighted by molar-refractivity contribution is 5.32. The topological polar surface area (TPSA) is 29.3 Å². The number of rotatable bonds is 3. The quantitative estimate of drug-likeness (QED) is 0.915. The largest absolute Gasteiger partial charge is 0.323 e. The summed E-state index contributed by atoms with van der Waals surface area (Å²) in [5.41, 5.74) is 10.5. The van der Waals surface area contributed by atoms with Gasteiger partial charge in [0.2, 0.25) is 0 Å². The predicted molar refractivity (Wildman–Crippen MR) is 89.3 cm³/mol. The molecule has 3 atom stereocenters. The van der Waals surface area contributed by atoms with E-state index in [2.05, 4.69) is 36.9 Å². The van der Waals surface area contributed by atoms with E-state index >= 15 is 0 Å². The maximum atomic E-state index is 6.50. The first-order valence-electron chi connectivity index (χ1n) is 8.68. The molecule has 1 heterocycles. The number of hydrogen-bond donors (Lipinski definition) is 1. The van der Waals surface area contributed by atoms with Crippen molar-refractivity contribution in [2.45, 2.75) is 52.0 Å². The zero-order valence-electron chi connectivity index (χ0n) is 13.6. The number of nitrogens with two attached hydrogens (primary N) is 1. The Kier molecular flexibility index (Phi) is 4.66. The van der Waals surface area contributed by atoms with Crippen LogP contribution in [-0.4, -0.2) is 24.5 Å². The molecule has 1 aliphatic carbocycles. The van der Waals surface area contributed by atoms with Gasteiger partial charge in [0.1, 0.15) is 0 Å². The summed E-state index contributed by atoms with van der Waals surface area (Å²) in [7, 11) is 0. The first-order valence-corrected chi connectivity index (χ1v) is 8.68. The van der Waals surface area contributed by atoms with Gasteiger partial charge in [-0.1, -0.05) is 43.0 Å². The molecule has 1 aromatic rings. The summed E-state index contributed by atoms with van der Waals surface area (Å²) in [6, 6.07) is 6.83. The average Bonchev–Trinajstić information content (AvgIpc) is 2.47. The van der Waals surface area contributed by atoms with Crippen LogP contribution >= 0.6 is 0 Å². The van der Waals surface area contributed by atoms with Crippen molar-refractivity contribution in [1.29, 1.82) is 0 Å². The van der Waals surface area contributed by atoms with Crippen molar-refractivity contribution < 1.29 is 0 Å². The SMILES string of the molecule is Cc1ccc(C(N)CN2CCC3CCCCC3C2)c(C)c1. The molecule has 1 saturated heterocycles. The number of nitrogens with zero attached hydrogens (tertiary/aromatic N) is 1. The number of piperidine rings is 1. The van der Waals surface area contributed by atoms with Crippen LogP contribution in [0.1, 0.15) is 54.8 Å². The molecular weight excluding hydrogens is 256 g/mol. The Morgan fingerprint density at radius 2 is 1.90 bits per heavy atom. The third kappa shape index (κ3) is 3.49. The monoisotopic (exact) mass is 286 g/mol. The van der Waals surface area contributed by atoms with Crippen molar-refractivity contribution in [1.82, 2.24) is 4.90 Å². The van der Waals surface area contributed by atoms with Gasteiger partial charge in [-0.2, -0.15) is 0 Å². The second-order valence-electron chi connectivity index (χ2n) is 7.32. The lowest BCUT2D eigenvalue weighted by atomic mass is 9.75. The van der Waals surface area contributed by atoms with Crippen molar-refractivity contribution in [3.05, 3.63) is 34.9 Å². The van der Waals surface area contributed by atoms with Crippen molar-refractivity contribution in [2.24, 2.45) is 17.6 Å². The molecule has 0 spiro atoms. The smallest absolute Gasteiger partial charge is 0.0426 e. The first kappa shape index (κ1) is 15.1. The molecule has 116 valence electrons. The molecule has 2 nitrogen and oxygen atoms in total. The van der Waals surface area contributed by atoms with Gasteiger partial charge in [0.15, 0.2) is 0 Å². The van der Waals surface area contributed by atoms with Crippen molar-refractivity contribution in [3.63, 3.8) is 0 Å². The number of benzene rings is 1. The molecule has 2 fully saturated rings. The standard InChI is InChI=1S/C19H30N2/c1-14-7-8-18(15(2)11-14)19(20)13-21-10-9-16-5-3-4-6-17(16)12-21/h7-8,11,16-17,19H,3-6,9-10,12-13,20H2,1-2H3. The molecule has 2 heteroatoms. The molecule has 0 bridgehead atoms. The van der Waals surface area contributed by atoms with E-state index in [1.807, 2.05) is 0 Å². The summed E-state index contributed by atoms with van der Waals surface area (Å²) >= 11 is 0. The Morgan fingerprint density at radius 1 is 1.14 bits per heavy atom. The Morgan fingerprint density at radius 3 is 2.67 bits per heavy atom. The van der Waals surface area contributed by atoms with E-state index in [0.29, 0.717) is 0 Å². The Labute approximate surface area is 129 Å². The van der Waals surface area contributed by atoms with E-state index in [-0.39, 0.29) is 6.04 Å². The molecule has 2 aliphatic rings. The molecule has 0 radical (unpaired) electrons. The van der Waals surface area contributed by atoms with E-state index in [1.165, 1.54) is 61.9 Å². The van der Waals surface area contributed by atoms with Crippen molar-refractivity contribution in [2.75, 3.05) is 19.6 Å². The fourth-order valence-electron chi connectivity index (χ4n) is 4.46. The number of fused-ring (bicyclic) bond motifs is 1. The lowest BCUT2D eigenvalue weighted by Crippen LogP contribution is -2.44. The molecule has 2 N–H and O–H groups in total. The molecule has 1 aliphatic heterocycles. The van der Waals surface area contributed by atoms with Gasteiger partial charge in [0.25, 0.3) is 0 Å². The number of aryl methyl sites for hydroxylation is 2. The summed E-state index contributed by atoms with van der Waals surface area (Å²) in [6.07, 6.45) is 7.22. The summed E-state index contributed by atoms with van der Waals surface area (Å²) in [4.78, 5) is 2.62. The third-order valence-electron chi connectivity index (χ3n) is 5.65. The van der Waals surface area contributed by atoms with E-state index in [1.54, 1.807) is 0 Å². The molecule has 1 saturated carbocycles. The van der Waals surface area contributed by atoms with Gasteiger partial charge in [-0.25, -0.2) is 0 Å². The van der Waals surface area contributed by atoms with Gasteiger partial charge in [-0.15, -0.1) is 0 Å². The maximum absolute atomic E-state index is 6.50. The predicted octanol–water partition coefficient (Wildman–Crippen LogP) is 3.82. The van der Waals surface area contributed by atoms with E-state index < -0.39 is 0 Å². The van der Waals surface area contributed by atoms with Crippen LogP contribution in [0.25, 0.3) is 0 Å². The average molecular weight is 286 g/mol. The Bertz CT molecular complexity index is 482. The third-order valence-corrected chi connectivity index (χ3v) is 5.65.